The Hall–Kier alpha value is -3.21. The molecule has 0 unspecified atom stereocenters. The van der Waals surface area contributed by atoms with Gasteiger partial charge >= 0.3 is 0 Å². The first-order chi connectivity index (χ1) is 13.6. The fraction of sp³-hybridized carbons (Fsp3) is 0.261. The lowest BCUT2D eigenvalue weighted by Gasteiger charge is -2.35. The highest BCUT2D eigenvalue weighted by Crippen LogP contribution is 2.23. The van der Waals surface area contributed by atoms with Crippen LogP contribution in [0.25, 0.3) is 11.3 Å². The van der Waals surface area contributed by atoms with E-state index < -0.39 is 0 Å². The fourth-order valence-electron chi connectivity index (χ4n) is 3.49. The molecule has 1 aromatic heterocycles. The fourth-order valence-corrected chi connectivity index (χ4v) is 3.49. The standard InChI is InChI=1S/C23H24N4O/c1-17-8-10-20(11-9-17)23(28)27-14-12-26(13-15-27)22-16-21(24-18(2)25-22)19-6-4-3-5-7-19/h3-11,16H,12-15H2,1-2H3. The van der Waals surface area contributed by atoms with Gasteiger partial charge in [-0.1, -0.05) is 48.0 Å². The monoisotopic (exact) mass is 372 g/mol. The van der Waals surface area contributed by atoms with Gasteiger partial charge in [-0.3, -0.25) is 4.79 Å². The minimum Gasteiger partial charge on any atom is -0.353 e. The van der Waals surface area contributed by atoms with Crippen LogP contribution in [-0.4, -0.2) is 47.0 Å². The van der Waals surface area contributed by atoms with Crippen LogP contribution in [0.15, 0.2) is 60.7 Å². The summed E-state index contributed by atoms with van der Waals surface area (Å²) < 4.78 is 0. The van der Waals surface area contributed by atoms with Crippen LogP contribution in [0.1, 0.15) is 21.7 Å². The Bertz CT molecular complexity index is 962. The van der Waals surface area contributed by atoms with Gasteiger partial charge in [0.1, 0.15) is 11.6 Å². The van der Waals surface area contributed by atoms with Gasteiger partial charge in [-0.2, -0.15) is 0 Å². The van der Waals surface area contributed by atoms with E-state index in [1.54, 1.807) is 0 Å². The van der Waals surface area contributed by atoms with Crippen molar-refractivity contribution < 1.29 is 4.79 Å². The summed E-state index contributed by atoms with van der Waals surface area (Å²) in [6, 6.07) is 20.0. The lowest BCUT2D eigenvalue weighted by Crippen LogP contribution is -2.49. The van der Waals surface area contributed by atoms with Crippen LogP contribution in [0.4, 0.5) is 5.82 Å². The minimum absolute atomic E-state index is 0.100. The zero-order valence-electron chi connectivity index (χ0n) is 16.3. The van der Waals surface area contributed by atoms with E-state index in [1.165, 1.54) is 0 Å². The predicted molar refractivity (Wildman–Crippen MR) is 112 cm³/mol. The zero-order chi connectivity index (χ0) is 19.5. The number of carbonyl (C=O) groups is 1. The number of aryl methyl sites for hydroxylation is 2. The number of aromatic nitrogens is 2. The molecule has 5 heteroatoms. The van der Waals surface area contributed by atoms with Crippen LogP contribution in [0.5, 0.6) is 0 Å². The second-order valence-electron chi connectivity index (χ2n) is 7.17. The van der Waals surface area contributed by atoms with Crippen molar-refractivity contribution in [1.82, 2.24) is 14.9 Å². The number of hydrogen-bond donors (Lipinski definition) is 0. The number of carbonyl (C=O) groups excluding carboxylic acids is 1. The van der Waals surface area contributed by atoms with E-state index in [1.807, 2.05) is 67.3 Å². The summed E-state index contributed by atoms with van der Waals surface area (Å²) in [7, 11) is 0. The molecule has 5 nitrogen and oxygen atoms in total. The number of amides is 1. The van der Waals surface area contributed by atoms with Crippen molar-refractivity contribution in [3.8, 4) is 11.3 Å². The number of anilines is 1. The Morgan fingerprint density at radius 1 is 0.857 bits per heavy atom. The Kier molecular flexibility index (Phi) is 5.06. The minimum atomic E-state index is 0.100. The summed E-state index contributed by atoms with van der Waals surface area (Å²) >= 11 is 0. The average molecular weight is 372 g/mol. The van der Waals surface area contributed by atoms with Gasteiger partial charge in [0.25, 0.3) is 5.91 Å². The first kappa shape index (κ1) is 18.2. The SMILES string of the molecule is Cc1ccc(C(=O)N2CCN(c3cc(-c4ccccc4)nc(C)n3)CC2)cc1. The van der Waals surface area contributed by atoms with Crippen LogP contribution in [0.3, 0.4) is 0 Å². The number of piperazine rings is 1. The topological polar surface area (TPSA) is 49.3 Å². The van der Waals surface area contributed by atoms with Crippen molar-refractivity contribution in [3.05, 3.63) is 77.6 Å². The Morgan fingerprint density at radius 2 is 1.54 bits per heavy atom. The number of benzene rings is 2. The summed E-state index contributed by atoms with van der Waals surface area (Å²) in [6.45, 7) is 6.87. The molecule has 0 atom stereocenters. The lowest BCUT2D eigenvalue weighted by molar-refractivity contribution is 0.0746. The second-order valence-corrected chi connectivity index (χ2v) is 7.17. The van der Waals surface area contributed by atoms with Crippen LogP contribution in [0, 0.1) is 13.8 Å². The largest absolute Gasteiger partial charge is 0.353 e. The van der Waals surface area contributed by atoms with E-state index in [4.69, 9.17) is 0 Å². The highest BCUT2D eigenvalue weighted by Gasteiger charge is 2.23. The molecule has 3 aromatic rings. The van der Waals surface area contributed by atoms with Crippen molar-refractivity contribution in [2.24, 2.45) is 0 Å². The molecule has 0 bridgehead atoms. The number of rotatable bonds is 3. The molecule has 2 aromatic carbocycles. The Morgan fingerprint density at radius 3 is 2.21 bits per heavy atom. The van der Waals surface area contributed by atoms with Gasteiger partial charge in [-0.05, 0) is 26.0 Å². The molecule has 4 rings (SSSR count). The Balaban J connectivity index is 1.47. The average Bonchev–Trinajstić information content (AvgIpc) is 2.74. The van der Waals surface area contributed by atoms with Gasteiger partial charge in [0.15, 0.2) is 0 Å². The molecule has 142 valence electrons. The molecule has 0 aliphatic carbocycles. The van der Waals surface area contributed by atoms with Crippen molar-refractivity contribution in [1.29, 1.82) is 0 Å². The lowest BCUT2D eigenvalue weighted by atomic mass is 10.1. The summed E-state index contributed by atoms with van der Waals surface area (Å²) in [5, 5.41) is 0. The van der Waals surface area contributed by atoms with Crippen LogP contribution in [-0.2, 0) is 0 Å². The molecule has 1 fully saturated rings. The molecule has 0 saturated carbocycles. The van der Waals surface area contributed by atoms with Crippen LogP contribution in [0.2, 0.25) is 0 Å². The van der Waals surface area contributed by atoms with E-state index >= 15 is 0 Å². The third-order valence-electron chi connectivity index (χ3n) is 5.08. The quantitative estimate of drug-likeness (QED) is 0.703. The number of hydrogen-bond acceptors (Lipinski definition) is 4. The van der Waals surface area contributed by atoms with E-state index in [0.29, 0.717) is 13.1 Å². The molecule has 28 heavy (non-hydrogen) atoms. The van der Waals surface area contributed by atoms with Crippen molar-refractivity contribution in [2.45, 2.75) is 13.8 Å². The van der Waals surface area contributed by atoms with Gasteiger partial charge in [0, 0.05) is 43.4 Å². The highest BCUT2D eigenvalue weighted by molar-refractivity contribution is 5.94. The summed E-state index contributed by atoms with van der Waals surface area (Å²) in [5.74, 6) is 1.78. The second kappa shape index (κ2) is 7.80. The van der Waals surface area contributed by atoms with Crippen LogP contribution >= 0.6 is 0 Å². The molecule has 1 amide bonds. The smallest absolute Gasteiger partial charge is 0.253 e. The van der Waals surface area contributed by atoms with Crippen molar-refractivity contribution in [2.75, 3.05) is 31.1 Å². The van der Waals surface area contributed by atoms with E-state index in [-0.39, 0.29) is 5.91 Å². The Labute approximate surface area is 165 Å². The highest BCUT2D eigenvalue weighted by atomic mass is 16.2. The third kappa shape index (κ3) is 3.88. The molecule has 1 aliphatic heterocycles. The third-order valence-corrected chi connectivity index (χ3v) is 5.08. The molecule has 1 saturated heterocycles. The van der Waals surface area contributed by atoms with Crippen LogP contribution < -0.4 is 4.90 Å². The number of nitrogens with zero attached hydrogens (tertiary/aromatic N) is 4. The summed E-state index contributed by atoms with van der Waals surface area (Å²) in [5.41, 5.74) is 3.93. The summed E-state index contributed by atoms with van der Waals surface area (Å²) in [6.07, 6.45) is 0. The normalized spacial score (nSPS) is 14.2. The van der Waals surface area contributed by atoms with Gasteiger partial charge in [0.2, 0.25) is 0 Å². The zero-order valence-corrected chi connectivity index (χ0v) is 16.3. The van der Waals surface area contributed by atoms with Crippen molar-refractivity contribution >= 4 is 11.7 Å². The van der Waals surface area contributed by atoms with E-state index in [0.717, 1.165) is 47.1 Å². The molecular weight excluding hydrogens is 348 g/mol. The molecular formula is C23H24N4O. The van der Waals surface area contributed by atoms with Gasteiger partial charge in [-0.15, -0.1) is 0 Å². The predicted octanol–water partition coefficient (Wildman–Crippen LogP) is 3.72. The maximum Gasteiger partial charge on any atom is 0.253 e. The van der Waals surface area contributed by atoms with E-state index in [2.05, 4.69) is 27.0 Å². The molecule has 0 spiro atoms. The maximum atomic E-state index is 12.7. The molecule has 0 N–H and O–H groups in total. The molecule has 1 aliphatic rings. The van der Waals surface area contributed by atoms with Gasteiger partial charge < -0.3 is 9.80 Å². The maximum absolute atomic E-state index is 12.7. The first-order valence-electron chi connectivity index (χ1n) is 9.62. The van der Waals surface area contributed by atoms with Gasteiger partial charge in [0.05, 0.1) is 5.69 Å². The molecule has 0 radical (unpaired) electrons. The van der Waals surface area contributed by atoms with Crippen molar-refractivity contribution in [3.63, 3.8) is 0 Å². The summed E-state index contributed by atoms with van der Waals surface area (Å²) in [4.78, 5) is 26.1. The molecule has 2 heterocycles. The van der Waals surface area contributed by atoms with Gasteiger partial charge in [-0.25, -0.2) is 9.97 Å². The first-order valence-corrected chi connectivity index (χ1v) is 9.62. The van der Waals surface area contributed by atoms with E-state index in [9.17, 15) is 4.79 Å².